The number of methoxy groups -OCH3 is 1. The normalized spacial score (nSPS) is 10.9. The lowest BCUT2D eigenvalue weighted by molar-refractivity contribution is 0.0953. The van der Waals surface area contributed by atoms with E-state index in [1.807, 2.05) is 42.5 Å². The van der Waals surface area contributed by atoms with Crippen LogP contribution in [0, 0.1) is 5.82 Å². The molecule has 0 unspecified atom stereocenters. The standard InChI is InChI=1S/C32H36FN3O3/c1-3-10-24-14-19-29(30(23-24)38-2)39-22-9-21-36-28-12-7-6-11-27(28)35-31(36)13-5-4-8-20-34-32(37)25-15-17-26(33)18-16-25/h3,6-7,11-12,14-19,23H,1,4-5,8-10,13,20-22H2,2H3,(H,34,37). The number of hydrogen-bond donors (Lipinski definition) is 1. The minimum absolute atomic E-state index is 0.177. The van der Waals surface area contributed by atoms with Crippen molar-refractivity contribution >= 4 is 16.9 Å². The van der Waals surface area contributed by atoms with Crippen molar-refractivity contribution in [1.82, 2.24) is 14.9 Å². The number of benzene rings is 3. The lowest BCUT2D eigenvalue weighted by atomic mass is 10.1. The van der Waals surface area contributed by atoms with Gasteiger partial charge in [0.1, 0.15) is 11.6 Å². The van der Waals surface area contributed by atoms with Crippen LogP contribution in [0.4, 0.5) is 4.39 Å². The van der Waals surface area contributed by atoms with E-state index in [9.17, 15) is 9.18 Å². The van der Waals surface area contributed by atoms with E-state index < -0.39 is 0 Å². The first-order chi connectivity index (χ1) is 19.1. The summed E-state index contributed by atoms with van der Waals surface area (Å²) in [5, 5.41) is 2.91. The van der Waals surface area contributed by atoms with E-state index in [0.29, 0.717) is 18.7 Å². The number of rotatable bonds is 15. The number of ether oxygens (including phenoxy) is 2. The molecule has 6 nitrogen and oxygen atoms in total. The predicted molar refractivity (Wildman–Crippen MR) is 153 cm³/mol. The average Bonchev–Trinajstić information content (AvgIpc) is 3.31. The molecular weight excluding hydrogens is 493 g/mol. The second kappa shape index (κ2) is 14.1. The van der Waals surface area contributed by atoms with Gasteiger partial charge in [0.2, 0.25) is 0 Å². The summed E-state index contributed by atoms with van der Waals surface area (Å²) in [5.41, 5.74) is 3.74. The van der Waals surface area contributed by atoms with Crippen molar-refractivity contribution in [3.05, 3.63) is 102 Å². The number of carbonyl (C=O) groups excluding carboxylic acids is 1. The lowest BCUT2D eigenvalue weighted by Crippen LogP contribution is -2.24. The van der Waals surface area contributed by atoms with Crippen molar-refractivity contribution in [3.8, 4) is 11.5 Å². The summed E-state index contributed by atoms with van der Waals surface area (Å²) in [6.07, 6.45) is 7.17. The van der Waals surface area contributed by atoms with Gasteiger partial charge in [-0.05, 0) is 79.8 Å². The molecule has 0 saturated heterocycles. The number of hydrogen-bond acceptors (Lipinski definition) is 4. The average molecular weight is 530 g/mol. The van der Waals surface area contributed by atoms with Gasteiger partial charge in [-0.2, -0.15) is 0 Å². The molecule has 204 valence electrons. The van der Waals surface area contributed by atoms with E-state index in [4.69, 9.17) is 14.5 Å². The molecule has 3 aromatic carbocycles. The van der Waals surface area contributed by atoms with Gasteiger partial charge in [-0.25, -0.2) is 9.37 Å². The Kier molecular flexibility index (Phi) is 10.1. The van der Waals surface area contributed by atoms with E-state index in [0.717, 1.165) is 79.0 Å². The molecule has 4 rings (SSSR count). The van der Waals surface area contributed by atoms with Crippen LogP contribution >= 0.6 is 0 Å². The molecular formula is C32H36FN3O3. The second-order valence-electron chi connectivity index (χ2n) is 9.42. The van der Waals surface area contributed by atoms with Gasteiger partial charge in [0.25, 0.3) is 5.91 Å². The molecule has 1 aromatic heterocycles. The zero-order valence-electron chi connectivity index (χ0n) is 22.5. The van der Waals surface area contributed by atoms with Crippen molar-refractivity contribution in [2.24, 2.45) is 0 Å². The maximum Gasteiger partial charge on any atom is 0.251 e. The first-order valence-electron chi connectivity index (χ1n) is 13.5. The molecule has 1 amide bonds. The van der Waals surface area contributed by atoms with Crippen LogP contribution in [0.15, 0.2) is 79.4 Å². The Hall–Kier alpha value is -4.13. The molecule has 0 bridgehead atoms. The van der Waals surface area contributed by atoms with E-state index >= 15 is 0 Å². The molecule has 0 fully saturated rings. The van der Waals surface area contributed by atoms with Gasteiger partial charge in [0.15, 0.2) is 11.5 Å². The molecule has 0 aliphatic carbocycles. The van der Waals surface area contributed by atoms with Gasteiger partial charge in [-0.1, -0.05) is 30.7 Å². The van der Waals surface area contributed by atoms with Crippen LogP contribution in [0.2, 0.25) is 0 Å². The van der Waals surface area contributed by atoms with Crippen LogP contribution in [0.25, 0.3) is 11.0 Å². The number of imidazole rings is 1. The molecule has 1 N–H and O–H groups in total. The highest BCUT2D eigenvalue weighted by Gasteiger charge is 2.11. The monoisotopic (exact) mass is 529 g/mol. The van der Waals surface area contributed by atoms with Crippen LogP contribution in [-0.2, 0) is 19.4 Å². The predicted octanol–water partition coefficient (Wildman–Crippen LogP) is 6.52. The van der Waals surface area contributed by atoms with Crippen molar-refractivity contribution < 1.29 is 18.7 Å². The number of para-hydroxylation sites is 2. The number of fused-ring (bicyclic) bond motifs is 1. The summed E-state index contributed by atoms with van der Waals surface area (Å²) in [4.78, 5) is 17.1. The summed E-state index contributed by atoms with van der Waals surface area (Å²) >= 11 is 0. The summed E-state index contributed by atoms with van der Waals surface area (Å²) in [5.74, 6) is 2.02. The van der Waals surface area contributed by atoms with Crippen LogP contribution < -0.4 is 14.8 Å². The van der Waals surface area contributed by atoms with Crippen molar-refractivity contribution in [2.75, 3.05) is 20.3 Å². The number of carbonyl (C=O) groups is 1. The van der Waals surface area contributed by atoms with Crippen molar-refractivity contribution in [1.29, 1.82) is 0 Å². The van der Waals surface area contributed by atoms with Crippen molar-refractivity contribution in [3.63, 3.8) is 0 Å². The van der Waals surface area contributed by atoms with Gasteiger partial charge >= 0.3 is 0 Å². The lowest BCUT2D eigenvalue weighted by Gasteiger charge is -2.13. The van der Waals surface area contributed by atoms with Gasteiger partial charge < -0.3 is 19.4 Å². The van der Waals surface area contributed by atoms with Gasteiger partial charge in [-0.15, -0.1) is 6.58 Å². The van der Waals surface area contributed by atoms with Crippen LogP contribution in [0.5, 0.6) is 11.5 Å². The Morgan fingerprint density at radius 1 is 1.03 bits per heavy atom. The zero-order chi connectivity index (χ0) is 27.5. The molecule has 0 spiro atoms. The molecule has 0 saturated carbocycles. The minimum Gasteiger partial charge on any atom is -0.493 e. The summed E-state index contributed by atoms with van der Waals surface area (Å²) < 4.78 is 26.9. The van der Waals surface area contributed by atoms with Gasteiger partial charge in [-0.3, -0.25) is 4.79 Å². The number of nitrogens with zero attached hydrogens (tertiary/aromatic N) is 2. The quantitative estimate of drug-likeness (QED) is 0.141. The third-order valence-corrected chi connectivity index (χ3v) is 6.59. The van der Waals surface area contributed by atoms with E-state index in [2.05, 4.69) is 22.5 Å². The first-order valence-corrected chi connectivity index (χ1v) is 13.5. The molecule has 0 aliphatic heterocycles. The van der Waals surface area contributed by atoms with Gasteiger partial charge in [0, 0.05) is 25.1 Å². The molecule has 4 aromatic rings. The third kappa shape index (κ3) is 7.69. The van der Waals surface area contributed by atoms with E-state index in [1.165, 1.54) is 24.3 Å². The Balaban J connectivity index is 1.26. The van der Waals surface area contributed by atoms with Crippen LogP contribution in [-0.4, -0.2) is 35.7 Å². The molecule has 0 atom stereocenters. The highest BCUT2D eigenvalue weighted by molar-refractivity contribution is 5.94. The Morgan fingerprint density at radius 3 is 2.64 bits per heavy atom. The fourth-order valence-electron chi connectivity index (χ4n) is 4.59. The summed E-state index contributed by atoms with van der Waals surface area (Å²) in [6, 6.07) is 19.8. The van der Waals surface area contributed by atoms with Crippen molar-refractivity contribution in [2.45, 2.75) is 45.1 Å². The maximum atomic E-state index is 13.0. The van der Waals surface area contributed by atoms with Gasteiger partial charge in [0.05, 0.1) is 24.8 Å². The molecule has 0 radical (unpaired) electrons. The Bertz CT molecular complexity index is 1380. The Labute approximate surface area is 229 Å². The fourth-order valence-corrected chi connectivity index (χ4v) is 4.59. The highest BCUT2D eigenvalue weighted by Crippen LogP contribution is 2.28. The van der Waals surface area contributed by atoms with Crippen LogP contribution in [0.1, 0.15) is 47.4 Å². The van der Waals surface area contributed by atoms with E-state index in [1.54, 1.807) is 7.11 Å². The van der Waals surface area contributed by atoms with Crippen LogP contribution in [0.3, 0.4) is 0 Å². The zero-order valence-corrected chi connectivity index (χ0v) is 22.5. The maximum absolute atomic E-state index is 13.0. The first kappa shape index (κ1) is 27.9. The SMILES string of the molecule is C=CCc1ccc(OCCCn2c(CCCCCNC(=O)c3ccc(F)cc3)nc3ccccc32)c(OC)c1. The fraction of sp³-hybridized carbons (Fsp3) is 0.312. The minimum atomic E-state index is -0.348. The third-order valence-electron chi connectivity index (χ3n) is 6.59. The smallest absolute Gasteiger partial charge is 0.251 e. The summed E-state index contributed by atoms with van der Waals surface area (Å²) in [6.45, 7) is 5.75. The molecule has 39 heavy (non-hydrogen) atoms. The second-order valence-corrected chi connectivity index (χ2v) is 9.42. The van der Waals surface area contributed by atoms with E-state index in [-0.39, 0.29) is 11.7 Å². The number of aromatic nitrogens is 2. The number of allylic oxidation sites excluding steroid dienone is 1. The largest absolute Gasteiger partial charge is 0.493 e. The number of nitrogens with one attached hydrogen (secondary N) is 1. The number of halogens is 1. The molecule has 0 aliphatic rings. The summed E-state index contributed by atoms with van der Waals surface area (Å²) in [7, 11) is 1.66. The highest BCUT2D eigenvalue weighted by atomic mass is 19.1. The molecule has 1 heterocycles. The number of aryl methyl sites for hydroxylation is 2. The molecule has 7 heteroatoms. The number of amides is 1. The number of unbranched alkanes of at least 4 members (excludes halogenated alkanes) is 2. The Morgan fingerprint density at radius 2 is 1.85 bits per heavy atom. The topological polar surface area (TPSA) is 65.4 Å².